The molecule has 168 valence electrons. The van der Waals surface area contributed by atoms with E-state index >= 15 is 0 Å². The summed E-state index contributed by atoms with van der Waals surface area (Å²) in [7, 11) is -2.28. The summed E-state index contributed by atoms with van der Waals surface area (Å²) in [6.07, 6.45) is 0. The summed E-state index contributed by atoms with van der Waals surface area (Å²) in [5.41, 5.74) is 1.30. The Hall–Kier alpha value is -3.23. The molecular formula is C23H23ClN2O5S. The smallest absolute Gasteiger partial charge is 0.261 e. The van der Waals surface area contributed by atoms with Gasteiger partial charge in [0.2, 0.25) is 0 Å². The zero-order chi connectivity index (χ0) is 23.1. The third-order valence-electron chi connectivity index (χ3n) is 4.57. The van der Waals surface area contributed by atoms with Crippen LogP contribution < -0.4 is 19.5 Å². The molecule has 0 saturated carbocycles. The maximum absolute atomic E-state index is 12.6. The van der Waals surface area contributed by atoms with Gasteiger partial charge in [0, 0.05) is 11.1 Å². The summed E-state index contributed by atoms with van der Waals surface area (Å²) in [5, 5.41) is 3.46. The molecule has 0 fully saturated rings. The predicted octanol–water partition coefficient (Wildman–Crippen LogP) is 4.41. The number of carbonyl (C=O) groups excluding carboxylic acids is 1. The molecule has 1 atom stereocenters. The molecule has 0 aliphatic carbocycles. The average Bonchev–Trinajstić information content (AvgIpc) is 2.78. The van der Waals surface area contributed by atoms with Crippen LogP contribution in [0.1, 0.15) is 18.5 Å². The first-order chi connectivity index (χ1) is 15.3. The van der Waals surface area contributed by atoms with E-state index in [9.17, 15) is 13.2 Å². The minimum atomic E-state index is -3.79. The zero-order valence-electron chi connectivity index (χ0n) is 17.5. The largest absolute Gasteiger partial charge is 0.497 e. The van der Waals surface area contributed by atoms with Gasteiger partial charge < -0.3 is 14.8 Å². The van der Waals surface area contributed by atoms with Crippen molar-refractivity contribution < 1.29 is 22.7 Å². The summed E-state index contributed by atoms with van der Waals surface area (Å²) in [5.74, 6) is 0.612. The Morgan fingerprint density at radius 3 is 2.34 bits per heavy atom. The van der Waals surface area contributed by atoms with Crippen LogP contribution in [0.3, 0.4) is 0 Å². The van der Waals surface area contributed by atoms with Crippen molar-refractivity contribution in [2.24, 2.45) is 0 Å². The highest BCUT2D eigenvalue weighted by molar-refractivity contribution is 7.92. The van der Waals surface area contributed by atoms with Crippen LogP contribution in [-0.4, -0.2) is 28.0 Å². The summed E-state index contributed by atoms with van der Waals surface area (Å²) in [6.45, 7) is 1.65. The molecule has 0 aromatic heterocycles. The Labute approximate surface area is 192 Å². The Bertz CT molecular complexity index is 1170. The quantitative estimate of drug-likeness (QED) is 0.479. The molecule has 0 bridgehead atoms. The van der Waals surface area contributed by atoms with Gasteiger partial charge in [-0.2, -0.15) is 0 Å². The van der Waals surface area contributed by atoms with Crippen molar-refractivity contribution in [1.82, 2.24) is 5.32 Å². The monoisotopic (exact) mass is 474 g/mol. The van der Waals surface area contributed by atoms with Crippen molar-refractivity contribution in [3.63, 3.8) is 0 Å². The van der Waals surface area contributed by atoms with Gasteiger partial charge >= 0.3 is 0 Å². The first-order valence-corrected chi connectivity index (χ1v) is 11.6. The molecule has 1 unspecified atom stereocenters. The van der Waals surface area contributed by atoms with Gasteiger partial charge in [0.05, 0.1) is 23.7 Å². The fraction of sp³-hybridized carbons (Fsp3) is 0.174. The molecule has 0 aliphatic rings. The molecule has 0 saturated heterocycles. The molecule has 0 radical (unpaired) electrons. The van der Waals surface area contributed by atoms with E-state index in [1.807, 2.05) is 19.1 Å². The number of amides is 1. The summed E-state index contributed by atoms with van der Waals surface area (Å²) < 4.78 is 38.3. The number of ether oxygens (including phenoxy) is 2. The average molecular weight is 475 g/mol. The standard InChI is InChI=1S/C23H23ClN2O5S/c1-16(17-6-8-18(24)9-7-17)25-23(27)15-31-20-10-12-22(13-11-20)32(28,29)26-19-4-3-5-21(14-19)30-2/h3-14,16,26H,15H2,1-2H3,(H,25,27). The number of nitrogens with one attached hydrogen (secondary N) is 2. The topological polar surface area (TPSA) is 93.7 Å². The molecular weight excluding hydrogens is 452 g/mol. The molecule has 7 nitrogen and oxygen atoms in total. The number of rotatable bonds is 9. The summed E-state index contributed by atoms with van der Waals surface area (Å²) >= 11 is 5.88. The summed E-state index contributed by atoms with van der Waals surface area (Å²) in [4.78, 5) is 12.2. The molecule has 0 spiro atoms. The van der Waals surface area contributed by atoms with Gasteiger partial charge in [0.25, 0.3) is 15.9 Å². The Morgan fingerprint density at radius 1 is 1.00 bits per heavy atom. The second-order valence-electron chi connectivity index (χ2n) is 6.94. The minimum Gasteiger partial charge on any atom is -0.497 e. The van der Waals surface area contributed by atoms with E-state index in [1.165, 1.54) is 31.4 Å². The van der Waals surface area contributed by atoms with Crippen LogP contribution in [0.15, 0.2) is 77.7 Å². The Kier molecular flexibility index (Phi) is 7.61. The van der Waals surface area contributed by atoms with E-state index in [0.29, 0.717) is 22.2 Å². The van der Waals surface area contributed by atoms with Gasteiger partial charge in [-0.25, -0.2) is 8.42 Å². The third kappa shape index (κ3) is 6.38. The third-order valence-corrected chi connectivity index (χ3v) is 6.22. The van der Waals surface area contributed by atoms with Crippen molar-refractivity contribution in [2.45, 2.75) is 17.9 Å². The lowest BCUT2D eigenvalue weighted by Crippen LogP contribution is -2.31. The van der Waals surface area contributed by atoms with Crippen LogP contribution in [0, 0.1) is 0 Å². The first kappa shape index (κ1) is 23.4. The highest BCUT2D eigenvalue weighted by Crippen LogP contribution is 2.22. The van der Waals surface area contributed by atoms with E-state index in [1.54, 1.807) is 36.4 Å². The van der Waals surface area contributed by atoms with Crippen molar-refractivity contribution in [1.29, 1.82) is 0 Å². The van der Waals surface area contributed by atoms with E-state index in [0.717, 1.165) is 5.56 Å². The van der Waals surface area contributed by atoms with Crippen molar-refractivity contribution in [2.75, 3.05) is 18.4 Å². The van der Waals surface area contributed by atoms with Gasteiger partial charge in [0.15, 0.2) is 6.61 Å². The van der Waals surface area contributed by atoms with Crippen molar-refractivity contribution in [3.05, 3.63) is 83.4 Å². The van der Waals surface area contributed by atoms with Crippen LogP contribution in [0.2, 0.25) is 5.02 Å². The van der Waals surface area contributed by atoms with E-state index in [2.05, 4.69) is 10.0 Å². The van der Waals surface area contributed by atoms with E-state index in [-0.39, 0.29) is 23.5 Å². The number of methoxy groups -OCH3 is 1. The minimum absolute atomic E-state index is 0.0634. The van der Waals surface area contributed by atoms with Crippen LogP contribution in [0.5, 0.6) is 11.5 Å². The molecule has 1 amide bonds. The first-order valence-electron chi connectivity index (χ1n) is 9.71. The van der Waals surface area contributed by atoms with Gasteiger partial charge in [0.1, 0.15) is 11.5 Å². The number of benzene rings is 3. The highest BCUT2D eigenvalue weighted by Gasteiger charge is 2.15. The van der Waals surface area contributed by atoms with Gasteiger partial charge in [-0.3, -0.25) is 9.52 Å². The highest BCUT2D eigenvalue weighted by atomic mass is 35.5. The molecule has 3 aromatic carbocycles. The lowest BCUT2D eigenvalue weighted by atomic mass is 10.1. The fourth-order valence-electron chi connectivity index (χ4n) is 2.88. The molecule has 2 N–H and O–H groups in total. The zero-order valence-corrected chi connectivity index (χ0v) is 19.1. The lowest BCUT2D eigenvalue weighted by molar-refractivity contribution is -0.123. The fourth-order valence-corrected chi connectivity index (χ4v) is 4.06. The van der Waals surface area contributed by atoms with E-state index in [4.69, 9.17) is 21.1 Å². The van der Waals surface area contributed by atoms with Crippen LogP contribution in [0.25, 0.3) is 0 Å². The SMILES string of the molecule is COc1cccc(NS(=O)(=O)c2ccc(OCC(=O)NC(C)c3ccc(Cl)cc3)cc2)c1. The molecule has 9 heteroatoms. The number of hydrogen-bond donors (Lipinski definition) is 2. The molecule has 0 heterocycles. The second-order valence-corrected chi connectivity index (χ2v) is 9.06. The van der Waals surface area contributed by atoms with Crippen LogP contribution in [0.4, 0.5) is 5.69 Å². The summed E-state index contributed by atoms with van der Waals surface area (Å²) in [6, 6.07) is 19.4. The van der Waals surface area contributed by atoms with Crippen molar-refractivity contribution >= 4 is 33.2 Å². The number of sulfonamides is 1. The number of hydrogen-bond acceptors (Lipinski definition) is 5. The van der Waals surface area contributed by atoms with Crippen LogP contribution in [-0.2, 0) is 14.8 Å². The predicted molar refractivity (Wildman–Crippen MR) is 124 cm³/mol. The normalized spacial score (nSPS) is 12.0. The molecule has 32 heavy (non-hydrogen) atoms. The molecule has 0 aliphatic heterocycles. The maximum Gasteiger partial charge on any atom is 0.261 e. The lowest BCUT2D eigenvalue weighted by Gasteiger charge is -2.15. The second kappa shape index (κ2) is 10.4. The molecule has 3 rings (SSSR count). The number of halogens is 1. The van der Waals surface area contributed by atoms with Crippen LogP contribution >= 0.6 is 11.6 Å². The Balaban J connectivity index is 1.55. The number of carbonyl (C=O) groups is 1. The van der Waals surface area contributed by atoms with Gasteiger partial charge in [-0.15, -0.1) is 0 Å². The number of anilines is 1. The maximum atomic E-state index is 12.6. The Morgan fingerprint density at radius 2 is 1.69 bits per heavy atom. The van der Waals surface area contributed by atoms with Crippen molar-refractivity contribution in [3.8, 4) is 11.5 Å². The molecule has 3 aromatic rings. The van der Waals surface area contributed by atoms with E-state index < -0.39 is 10.0 Å². The van der Waals surface area contributed by atoms with Gasteiger partial charge in [-0.1, -0.05) is 29.8 Å². The van der Waals surface area contributed by atoms with Gasteiger partial charge in [-0.05, 0) is 61.0 Å².